The van der Waals surface area contributed by atoms with E-state index in [2.05, 4.69) is 17.1 Å². The Morgan fingerprint density at radius 2 is 2.04 bits per heavy atom. The van der Waals surface area contributed by atoms with Crippen LogP contribution in [0.4, 0.5) is 0 Å². The van der Waals surface area contributed by atoms with Crippen LogP contribution >= 0.6 is 0 Å². The topological polar surface area (TPSA) is 42.4 Å². The maximum absolute atomic E-state index is 12.5. The maximum atomic E-state index is 12.5. The minimum atomic E-state index is -0.109. The highest BCUT2D eigenvalue weighted by Crippen LogP contribution is 2.40. The van der Waals surface area contributed by atoms with E-state index in [1.807, 2.05) is 36.1 Å². The van der Waals surface area contributed by atoms with Gasteiger partial charge in [-0.1, -0.05) is 18.2 Å². The average molecular weight is 322 g/mol. The average Bonchev–Trinajstić information content (AvgIpc) is 2.93. The molecule has 1 fully saturated rings. The van der Waals surface area contributed by atoms with Gasteiger partial charge < -0.3 is 9.64 Å². The van der Waals surface area contributed by atoms with Gasteiger partial charge in [0.2, 0.25) is 5.91 Å². The number of amides is 1. The Bertz CT molecular complexity index is 737. The van der Waals surface area contributed by atoms with Gasteiger partial charge in [-0.15, -0.1) is 0 Å². The van der Waals surface area contributed by atoms with Gasteiger partial charge in [0.15, 0.2) is 0 Å². The van der Waals surface area contributed by atoms with Gasteiger partial charge in [0, 0.05) is 44.2 Å². The number of ether oxygens (including phenoxy) is 1. The summed E-state index contributed by atoms with van der Waals surface area (Å²) < 4.78 is 6.25. The summed E-state index contributed by atoms with van der Waals surface area (Å²) >= 11 is 0. The van der Waals surface area contributed by atoms with Crippen molar-refractivity contribution in [1.82, 2.24) is 9.88 Å². The van der Waals surface area contributed by atoms with Crippen molar-refractivity contribution in [2.24, 2.45) is 0 Å². The molecule has 0 bridgehead atoms. The fraction of sp³-hybridized carbons (Fsp3) is 0.400. The van der Waals surface area contributed by atoms with Gasteiger partial charge >= 0.3 is 0 Å². The van der Waals surface area contributed by atoms with Crippen LogP contribution in [0.25, 0.3) is 0 Å². The summed E-state index contributed by atoms with van der Waals surface area (Å²) in [5, 5.41) is 0. The molecular formula is C20H22N2O2. The summed E-state index contributed by atoms with van der Waals surface area (Å²) in [5.41, 5.74) is 3.18. The molecule has 0 N–H and O–H groups in total. The minimum absolute atomic E-state index is 0.109. The molecule has 2 aromatic rings. The van der Waals surface area contributed by atoms with Gasteiger partial charge in [0.1, 0.15) is 11.4 Å². The standard InChI is InChI=1S/C20H22N2O2/c1-15-6-9-21-17(12-15)13-19(23)22-10-7-20(8-11-22)14-16-4-2-3-5-18(16)24-20/h2-6,9,12H,7-8,10-11,13-14H2,1H3. The molecule has 0 saturated carbocycles. The number of carbonyl (C=O) groups is 1. The predicted octanol–water partition coefficient (Wildman–Crippen LogP) is 2.93. The van der Waals surface area contributed by atoms with Crippen LogP contribution in [0, 0.1) is 6.92 Å². The third kappa shape index (κ3) is 2.88. The molecule has 0 aliphatic carbocycles. The monoisotopic (exact) mass is 322 g/mol. The summed E-state index contributed by atoms with van der Waals surface area (Å²) in [5.74, 6) is 1.18. The lowest BCUT2D eigenvalue weighted by Gasteiger charge is -2.38. The summed E-state index contributed by atoms with van der Waals surface area (Å²) in [7, 11) is 0. The number of aryl methyl sites for hydroxylation is 1. The number of fused-ring (bicyclic) bond motifs is 1. The molecule has 3 heterocycles. The van der Waals surface area contributed by atoms with Crippen molar-refractivity contribution in [1.29, 1.82) is 0 Å². The molecule has 24 heavy (non-hydrogen) atoms. The second kappa shape index (κ2) is 5.93. The van der Waals surface area contributed by atoms with Crippen LogP contribution in [-0.2, 0) is 17.6 Å². The number of pyridine rings is 1. The van der Waals surface area contributed by atoms with Gasteiger partial charge in [-0.3, -0.25) is 9.78 Å². The number of piperidine rings is 1. The van der Waals surface area contributed by atoms with Crippen LogP contribution < -0.4 is 4.74 Å². The van der Waals surface area contributed by atoms with Gasteiger partial charge in [-0.2, -0.15) is 0 Å². The number of likely N-dealkylation sites (tertiary alicyclic amines) is 1. The number of aromatic nitrogens is 1. The molecule has 4 heteroatoms. The molecule has 4 rings (SSSR count). The van der Waals surface area contributed by atoms with E-state index in [0.717, 1.165) is 49.4 Å². The summed E-state index contributed by atoms with van der Waals surface area (Å²) in [6, 6.07) is 12.2. The van der Waals surface area contributed by atoms with Crippen LogP contribution in [0.3, 0.4) is 0 Å². The van der Waals surface area contributed by atoms with E-state index in [1.165, 1.54) is 5.56 Å². The molecule has 0 radical (unpaired) electrons. The van der Waals surface area contributed by atoms with Gasteiger partial charge in [-0.25, -0.2) is 0 Å². The van der Waals surface area contributed by atoms with E-state index in [-0.39, 0.29) is 11.5 Å². The van der Waals surface area contributed by atoms with Crippen molar-refractivity contribution in [3.8, 4) is 5.75 Å². The highest BCUT2D eigenvalue weighted by Gasteiger charge is 2.42. The lowest BCUT2D eigenvalue weighted by molar-refractivity contribution is -0.133. The molecule has 124 valence electrons. The fourth-order valence-corrected chi connectivity index (χ4v) is 3.77. The Labute approximate surface area is 142 Å². The number of rotatable bonds is 2. The Morgan fingerprint density at radius 3 is 2.79 bits per heavy atom. The molecule has 0 atom stereocenters. The molecule has 1 aromatic heterocycles. The molecule has 1 amide bonds. The Morgan fingerprint density at radius 1 is 1.25 bits per heavy atom. The van der Waals surface area contributed by atoms with Crippen LogP contribution in [0.1, 0.15) is 29.7 Å². The quantitative estimate of drug-likeness (QED) is 0.854. The second-order valence-electron chi connectivity index (χ2n) is 6.95. The number of hydrogen-bond donors (Lipinski definition) is 0. The third-order valence-electron chi connectivity index (χ3n) is 5.14. The van der Waals surface area contributed by atoms with Crippen LogP contribution in [0.2, 0.25) is 0 Å². The smallest absolute Gasteiger partial charge is 0.228 e. The number of hydrogen-bond acceptors (Lipinski definition) is 3. The van der Waals surface area contributed by atoms with E-state index in [0.29, 0.717) is 6.42 Å². The zero-order chi connectivity index (χ0) is 16.6. The fourth-order valence-electron chi connectivity index (χ4n) is 3.77. The van der Waals surface area contributed by atoms with Gasteiger partial charge in [0.25, 0.3) is 0 Å². The maximum Gasteiger partial charge on any atom is 0.228 e. The first-order valence-electron chi connectivity index (χ1n) is 8.60. The predicted molar refractivity (Wildman–Crippen MR) is 92.0 cm³/mol. The summed E-state index contributed by atoms with van der Waals surface area (Å²) in [6.07, 6.45) is 4.91. The third-order valence-corrected chi connectivity index (χ3v) is 5.14. The molecule has 2 aliphatic heterocycles. The minimum Gasteiger partial charge on any atom is -0.487 e. The Balaban J connectivity index is 1.37. The highest BCUT2D eigenvalue weighted by atomic mass is 16.5. The van der Waals surface area contributed by atoms with Crippen molar-refractivity contribution in [3.05, 3.63) is 59.4 Å². The van der Waals surface area contributed by atoms with Crippen molar-refractivity contribution in [2.75, 3.05) is 13.1 Å². The summed E-state index contributed by atoms with van der Waals surface area (Å²) in [6.45, 7) is 3.55. The normalized spacial score (nSPS) is 18.3. The van der Waals surface area contributed by atoms with Crippen molar-refractivity contribution in [2.45, 2.75) is 38.2 Å². The number of carbonyl (C=O) groups excluding carboxylic acids is 1. The first-order chi connectivity index (χ1) is 11.6. The molecule has 2 aliphatic rings. The number of para-hydroxylation sites is 1. The zero-order valence-corrected chi connectivity index (χ0v) is 14.0. The lowest BCUT2D eigenvalue weighted by atomic mass is 9.87. The number of nitrogens with zero attached hydrogens (tertiary/aromatic N) is 2. The second-order valence-corrected chi connectivity index (χ2v) is 6.95. The first kappa shape index (κ1) is 15.2. The molecule has 1 spiro atoms. The van der Waals surface area contributed by atoms with E-state index >= 15 is 0 Å². The van der Waals surface area contributed by atoms with Gasteiger partial charge in [0.05, 0.1) is 6.42 Å². The molecule has 1 aromatic carbocycles. The van der Waals surface area contributed by atoms with Crippen LogP contribution in [0.15, 0.2) is 42.6 Å². The zero-order valence-electron chi connectivity index (χ0n) is 14.0. The van der Waals surface area contributed by atoms with E-state index in [4.69, 9.17) is 4.74 Å². The van der Waals surface area contributed by atoms with Gasteiger partial charge in [-0.05, 0) is 36.2 Å². The summed E-state index contributed by atoms with van der Waals surface area (Å²) in [4.78, 5) is 18.8. The Hall–Kier alpha value is -2.36. The van der Waals surface area contributed by atoms with Crippen molar-refractivity contribution < 1.29 is 9.53 Å². The molecule has 0 unspecified atom stereocenters. The van der Waals surface area contributed by atoms with Crippen LogP contribution in [-0.4, -0.2) is 34.5 Å². The molecular weight excluding hydrogens is 300 g/mol. The van der Waals surface area contributed by atoms with E-state index in [9.17, 15) is 4.79 Å². The first-order valence-corrected chi connectivity index (χ1v) is 8.60. The SMILES string of the molecule is Cc1ccnc(CC(=O)N2CCC3(CC2)Cc2ccccc2O3)c1. The molecule has 1 saturated heterocycles. The van der Waals surface area contributed by atoms with Crippen molar-refractivity contribution >= 4 is 5.91 Å². The highest BCUT2D eigenvalue weighted by molar-refractivity contribution is 5.78. The number of benzene rings is 1. The van der Waals surface area contributed by atoms with Crippen molar-refractivity contribution in [3.63, 3.8) is 0 Å². The largest absolute Gasteiger partial charge is 0.487 e. The Kier molecular flexibility index (Phi) is 3.75. The van der Waals surface area contributed by atoms with E-state index < -0.39 is 0 Å². The molecule has 4 nitrogen and oxygen atoms in total. The lowest BCUT2D eigenvalue weighted by Crippen LogP contribution is -2.49. The van der Waals surface area contributed by atoms with E-state index in [1.54, 1.807) is 6.20 Å². The van der Waals surface area contributed by atoms with Crippen LogP contribution in [0.5, 0.6) is 5.75 Å².